The van der Waals surface area contributed by atoms with Crippen LogP contribution in [-0.2, 0) is 23.8 Å². The highest BCUT2D eigenvalue weighted by molar-refractivity contribution is 5.74. The average Bonchev–Trinajstić information content (AvgIpc) is 3.29. The lowest BCUT2D eigenvalue weighted by molar-refractivity contribution is -0.216. The van der Waals surface area contributed by atoms with Crippen molar-refractivity contribution in [2.24, 2.45) is 17.8 Å². The molecule has 4 aliphatic rings. The number of carbonyl (C=O) groups is 2. The van der Waals surface area contributed by atoms with Crippen LogP contribution in [0.4, 0.5) is 0 Å². The largest absolute Gasteiger partial charge is 0.469 e. The van der Waals surface area contributed by atoms with Crippen LogP contribution in [0.25, 0.3) is 0 Å². The highest BCUT2D eigenvalue weighted by Crippen LogP contribution is 2.58. The second-order valence-electron chi connectivity index (χ2n) is 9.91. The molecule has 30 heavy (non-hydrogen) atoms. The molecule has 0 radical (unpaired) electrons. The van der Waals surface area contributed by atoms with Crippen molar-refractivity contribution in [2.45, 2.75) is 102 Å². The molecule has 4 rings (SSSR count). The first kappa shape index (κ1) is 22.0. The molecule has 4 heterocycles. The summed E-state index contributed by atoms with van der Waals surface area (Å²) >= 11 is 0. The predicted octanol–water partition coefficient (Wildman–Crippen LogP) is 2.64. The van der Waals surface area contributed by atoms with E-state index in [-0.39, 0.29) is 47.9 Å². The highest BCUT2D eigenvalue weighted by atomic mass is 16.6. The van der Waals surface area contributed by atoms with E-state index in [2.05, 4.69) is 11.8 Å². The van der Waals surface area contributed by atoms with Crippen molar-refractivity contribution in [1.82, 2.24) is 4.90 Å². The zero-order chi connectivity index (χ0) is 21.7. The SMILES string of the molecule is CCC1C(C[C@H](C)C(=O)OC)O[C@]23CCC(C4C[C@H](C)C(=O)O4)N2CCCC[C@]13O. The number of methoxy groups -OCH3 is 1. The topological polar surface area (TPSA) is 85.3 Å². The van der Waals surface area contributed by atoms with E-state index >= 15 is 0 Å². The summed E-state index contributed by atoms with van der Waals surface area (Å²) in [5.41, 5.74) is -1.71. The number of hydrogen-bond acceptors (Lipinski definition) is 7. The molecule has 8 atom stereocenters. The molecule has 4 aliphatic heterocycles. The standard InChI is InChI=1S/C23H37NO6/c1-5-16-18(12-14(2)20(25)28-4)30-23-10-8-17(19-13-15(3)21(26)29-19)24(23)11-7-6-9-22(16,23)27/h14-19,27H,5-13H2,1-4H3/t14-,15-,16?,17?,18?,19?,22-,23-/m0/s1. The quantitative estimate of drug-likeness (QED) is 0.681. The van der Waals surface area contributed by atoms with Gasteiger partial charge in [0, 0.05) is 18.5 Å². The van der Waals surface area contributed by atoms with E-state index in [1.165, 1.54) is 7.11 Å². The molecule has 170 valence electrons. The summed E-state index contributed by atoms with van der Waals surface area (Å²) in [5, 5.41) is 12.2. The first-order valence-corrected chi connectivity index (χ1v) is 11.7. The number of ether oxygens (including phenoxy) is 3. The van der Waals surface area contributed by atoms with E-state index in [4.69, 9.17) is 14.2 Å². The minimum Gasteiger partial charge on any atom is -0.469 e. The molecule has 0 saturated carbocycles. The molecule has 4 unspecified atom stereocenters. The summed E-state index contributed by atoms with van der Waals surface area (Å²) < 4.78 is 17.5. The molecule has 0 aromatic rings. The van der Waals surface area contributed by atoms with E-state index < -0.39 is 11.3 Å². The van der Waals surface area contributed by atoms with Crippen molar-refractivity contribution in [1.29, 1.82) is 0 Å². The fourth-order valence-electron chi connectivity index (χ4n) is 6.78. The molecule has 1 spiro atoms. The van der Waals surface area contributed by atoms with Gasteiger partial charge in [0.05, 0.1) is 25.0 Å². The van der Waals surface area contributed by atoms with Crippen molar-refractivity contribution in [3.63, 3.8) is 0 Å². The Balaban J connectivity index is 1.64. The second-order valence-corrected chi connectivity index (χ2v) is 9.91. The Kier molecular flexibility index (Phi) is 5.92. The summed E-state index contributed by atoms with van der Waals surface area (Å²) in [6, 6.07) is 0.0813. The van der Waals surface area contributed by atoms with Crippen LogP contribution in [0.5, 0.6) is 0 Å². The van der Waals surface area contributed by atoms with Gasteiger partial charge in [-0.3, -0.25) is 14.5 Å². The van der Waals surface area contributed by atoms with Gasteiger partial charge < -0.3 is 19.3 Å². The molecule has 7 heteroatoms. The maximum absolute atomic E-state index is 12.2. The van der Waals surface area contributed by atoms with Crippen LogP contribution in [-0.4, -0.2) is 65.2 Å². The Morgan fingerprint density at radius 3 is 2.77 bits per heavy atom. The monoisotopic (exact) mass is 423 g/mol. The van der Waals surface area contributed by atoms with Gasteiger partial charge >= 0.3 is 11.9 Å². The van der Waals surface area contributed by atoms with E-state index in [0.29, 0.717) is 12.8 Å². The first-order valence-electron chi connectivity index (χ1n) is 11.7. The second kappa shape index (κ2) is 8.06. The van der Waals surface area contributed by atoms with Crippen LogP contribution >= 0.6 is 0 Å². The number of esters is 2. The Labute approximate surface area is 179 Å². The third-order valence-corrected chi connectivity index (χ3v) is 8.25. The van der Waals surface area contributed by atoms with Crippen LogP contribution < -0.4 is 0 Å². The molecular formula is C23H37NO6. The zero-order valence-corrected chi connectivity index (χ0v) is 18.8. The lowest BCUT2D eigenvalue weighted by Gasteiger charge is -2.46. The maximum atomic E-state index is 12.2. The van der Waals surface area contributed by atoms with Crippen LogP contribution in [0, 0.1) is 17.8 Å². The summed E-state index contributed by atoms with van der Waals surface area (Å²) in [7, 11) is 1.41. The summed E-state index contributed by atoms with van der Waals surface area (Å²) in [4.78, 5) is 26.5. The Bertz CT molecular complexity index is 685. The van der Waals surface area contributed by atoms with Gasteiger partial charge in [-0.25, -0.2) is 0 Å². The van der Waals surface area contributed by atoms with Crippen LogP contribution in [0.3, 0.4) is 0 Å². The zero-order valence-electron chi connectivity index (χ0n) is 18.8. The third-order valence-electron chi connectivity index (χ3n) is 8.25. The number of cyclic esters (lactones) is 1. The Hall–Kier alpha value is -1.18. The fraction of sp³-hybridized carbons (Fsp3) is 0.913. The van der Waals surface area contributed by atoms with Crippen molar-refractivity contribution >= 4 is 11.9 Å². The van der Waals surface area contributed by atoms with Gasteiger partial charge in [-0.1, -0.05) is 20.8 Å². The number of nitrogens with zero attached hydrogens (tertiary/aromatic N) is 1. The molecule has 0 amide bonds. The van der Waals surface area contributed by atoms with Gasteiger partial charge in [-0.05, 0) is 51.4 Å². The number of hydrogen-bond donors (Lipinski definition) is 1. The van der Waals surface area contributed by atoms with E-state index in [1.807, 2.05) is 13.8 Å². The van der Waals surface area contributed by atoms with Crippen molar-refractivity contribution in [3.05, 3.63) is 0 Å². The maximum Gasteiger partial charge on any atom is 0.309 e. The molecule has 0 aliphatic carbocycles. The Morgan fingerprint density at radius 1 is 1.37 bits per heavy atom. The molecular weight excluding hydrogens is 386 g/mol. The third kappa shape index (κ3) is 3.19. The normalized spacial score (nSPS) is 44.8. The van der Waals surface area contributed by atoms with Gasteiger partial charge in [-0.15, -0.1) is 0 Å². The molecule has 0 aromatic heterocycles. The molecule has 7 nitrogen and oxygen atoms in total. The lowest BCUT2D eigenvalue weighted by Crippen LogP contribution is -2.62. The molecule has 0 bridgehead atoms. The molecule has 4 fully saturated rings. The summed E-state index contributed by atoms with van der Waals surface area (Å²) in [6.45, 7) is 6.73. The van der Waals surface area contributed by atoms with E-state index in [1.54, 1.807) is 0 Å². The van der Waals surface area contributed by atoms with Gasteiger partial charge in [0.15, 0.2) is 5.72 Å². The lowest BCUT2D eigenvalue weighted by atomic mass is 9.73. The summed E-state index contributed by atoms with van der Waals surface area (Å²) in [5.74, 6) is -0.737. The number of carbonyl (C=O) groups excluding carboxylic acids is 2. The van der Waals surface area contributed by atoms with Gasteiger partial charge in [0.1, 0.15) is 11.7 Å². The highest BCUT2D eigenvalue weighted by Gasteiger charge is 2.70. The van der Waals surface area contributed by atoms with E-state index in [0.717, 1.165) is 45.1 Å². The molecule has 1 N–H and O–H groups in total. The van der Waals surface area contributed by atoms with Crippen LogP contribution in [0.2, 0.25) is 0 Å². The number of aliphatic hydroxyl groups is 1. The van der Waals surface area contributed by atoms with Crippen LogP contribution in [0.1, 0.15) is 72.1 Å². The fourth-order valence-corrected chi connectivity index (χ4v) is 6.78. The van der Waals surface area contributed by atoms with E-state index in [9.17, 15) is 14.7 Å². The predicted molar refractivity (Wildman–Crippen MR) is 109 cm³/mol. The van der Waals surface area contributed by atoms with Gasteiger partial charge in [0.2, 0.25) is 0 Å². The van der Waals surface area contributed by atoms with Crippen LogP contribution in [0.15, 0.2) is 0 Å². The van der Waals surface area contributed by atoms with Gasteiger partial charge in [0.25, 0.3) is 0 Å². The first-order chi connectivity index (χ1) is 14.3. The van der Waals surface area contributed by atoms with Crippen molar-refractivity contribution in [3.8, 4) is 0 Å². The minimum absolute atomic E-state index is 0.0333. The van der Waals surface area contributed by atoms with Gasteiger partial charge in [-0.2, -0.15) is 0 Å². The van der Waals surface area contributed by atoms with Crippen molar-refractivity contribution < 1.29 is 28.9 Å². The molecule has 0 aromatic carbocycles. The smallest absolute Gasteiger partial charge is 0.309 e. The minimum atomic E-state index is -0.957. The average molecular weight is 424 g/mol. The number of rotatable bonds is 5. The van der Waals surface area contributed by atoms with Crippen molar-refractivity contribution in [2.75, 3.05) is 13.7 Å². The Morgan fingerprint density at radius 2 is 2.13 bits per heavy atom. The molecule has 4 saturated heterocycles. The summed E-state index contributed by atoms with van der Waals surface area (Å²) in [6.07, 6.45) is 5.98.